The molecule has 15 rings (SSSR count). The van der Waals surface area contributed by atoms with Crippen LogP contribution in [0.25, 0.3) is 108 Å². The minimum Gasteiger partial charge on any atom is -0.310 e. The van der Waals surface area contributed by atoms with Crippen molar-refractivity contribution in [2.24, 2.45) is 0 Å². The molecular formula is C68H40N6. The predicted molar refractivity (Wildman–Crippen MR) is 309 cm³/mol. The molecule has 0 spiro atoms. The molecule has 0 fully saturated rings. The van der Waals surface area contributed by atoms with Crippen LogP contribution in [0.3, 0.4) is 0 Å². The van der Waals surface area contributed by atoms with Crippen LogP contribution >= 0.6 is 0 Å². The van der Waals surface area contributed by atoms with Crippen molar-refractivity contribution in [3.8, 4) is 11.4 Å². The maximum Gasteiger partial charge on any atom is 0.187 e. The molecule has 0 aliphatic carbocycles. The second-order valence-corrected chi connectivity index (χ2v) is 19.1. The van der Waals surface area contributed by atoms with E-state index in [1.807, 2.05) is 24.3 Å². The van der Waals surface area contributed by atoms with Gasteiger partial charge in [-0.15, -0.1) is 0 Å². The first-order valence-electron chi connectivity index (χ1n) is 24.8. The van der Waals surface area contributed by atoms with E-state index < -0.39 is 0 Å². The van der Waals surface area contributed by atoms with Crippen LogP contribution in [-0.4, -0.2) is 9.13 Å². The molecular weight excluding hydrogens is 901 g/mol. The molecule has 6 heteroatoms. The van der Waals surface area contributed by atoms with Crippen molar-refractivity contribution in [3.05, 3.63) is 265 Å². The number of rotatable bonds is 8. The van der Waals surface area contributed by atoms with Gasteiger partial charge in [-0.1, -0.05) is 133 Å². The third-order valence-electron chi connectivity index (χ3n) is 15.2. The largest absolute Gasteiger partial charge is 0.310 e. The molecule has 0 saturated carbocycles. The Morgan fingerprint density at radius 1 is 0.284 bits per heavy atom. The second kappa shape index (κ2) is 16.1. The second-order valence-electron chi connectivity index (χ2n) is 19.1. The molecule has 0 aliphatic heterocycles. The lowest BCUT2D eigenvalue weighted by Gasteiger charge is -2.28. The molecule has 0 N–H and O–H groups in total. The van der Waals surface area contributed by atoms with Crippen LogP contribution in [-0.2, 0) is 0 Å². The Hall–Kier alpha value is -10.4. The zero-order valence-electron chi connectivity index (χ0n) is 39.8. The van der Waals surface area contributed by atoms with E-state index in [0.717, 1.165) is 78.3 Å². The summed E-state index contributed by atoms with van der Waals surface area (Å²) in [4.78, 5) is 12.1. The summed E-state index contributed by atoms with van der Waals surface area (Å²) in [5.74, 6) is 0. The van der Waals surface area contributed by atoms with Gasteiger partial charge in [-0.3, -0.25) is 0 Å². The Morgan fingerprint density at radius 3 is 1.09 bits per heavy atom. The molecule has 0 unspecified atom stereocenters. The van der Waals surface area contributed by atoms with Crippen molar-refractivity contribution >= 4 is 132 Å². The predicted octanol–water partition coefficient (Wildman–Crippen LogP) is 19.4. The van der Waals surface area contributed by atoms with E-state index in [9.17, 15) is 0 Å². The van der Waals surface area contributed by atoms with Crippen LogP contribution in [0.5, 0.6) is 0 Å². The number of fused-ring (bicyclic) bond motifs is 3. The van der Waals surface area contributed by atoms with E-state index in [2.05, 4.69) is 247 Å². The fraction of sp³-hybridized carbons (Fsp3) is 0. The lowest BCUT2D eigenvalue weighted by molar-refractivity contribution is 1.18. The van der Waals surface area contributed by atoms with Gasteiger partial charge in [-0.05, 0) is 142 Å². The van der Waals surface area contributed by atoms with Gasteiger partial charge < -0.3 is 18.9 Å². The molecule has 15 aromatic rings. The van der Waals surface area contributed by atoms with Crippen LogP contribution in [0.1, 0.15) is 0 Å². The third-order valence-corrected chi connectivity index (χ3v) is 15.2. The van der Waals surface area contributed by atoms with E-state index >= 15 is 0 Å². The summed E-state index contributed by atoms with van der Waals surface area (Å²) in [5.41, 5.74) is 14.4. The highest BCUT2D eigenvalue weighted by atomic mass is 15.2. The summed E-state index contributed by atoms with van der Waals surface area (Å²) < 4.78 is 4.67. The molecule has 0 atom stereocenters. The molecule has 0 radical (unpaired) electrons. The maximum atomic E-state index is 7.55. The lowest BCUT2D eigenvalue weighted by Crippen LogP contribution is -2.11. The van der Waals surface area contributed by atoms with E-state index in [4.69, 9.17) is 13.1 Å². The van der Waals surface area contributed by atoms with Crippen LogP contribution in [0.15, 0.2) is 243 Å². The first-order chi connectivity index (χ1) is 36.6. The smallest absolute Gasteiger partial charge is 0.187 e. The fourth-order valence-corrected chi connectivity index (χ4v) is 12.0. The van der Waals surface area contributed by atoms with Crippen molar-refractivity contribution in [1.82, 2.24) is 9.13 Å². The van der Waals surface area contributed by atoms with Gasteiger partial charge in [0.15, 0.2) is 11.4 Å². The topological polar surface area (TPSA) is 25.1 Å². The first-order valence-corrected chi connectivity index (χ1v) is 24.8. The first kappa shape index (κ1) is 41.4. The fourth-order valence-electron chi connectivity index (χ4n) is 12.0. The highest BCUT2D eigenvalue weighted by Gasteiger charge is 2.25. The van der Waals surface area contributed by atoms with Gasteiger partial charge in [-0.25, -0.2) is 9.69 Å². The highest BCUT2D eigenvalue weighted by molar-refractivity contribution is 6.28. The monoisotopic (exact) mass is 940 g/mol. The average Bonchev–Trinajstić information content (AvgIpc) is 4.06. The summed E-state index contributed by atoms with van der Waals surface area (Å²) in [6.45, 7) is 15.1. The van der Waals surface area contributed by atoms with Crippen molar-refractivity contribution in [1.29, 1.82) is 0 Å². The third kappa shape index (κ3) is 6.10. The number of benzene rings is 13. The van der Waals surface area contributed by atoms with Gasteiger partial charge in [0.2, 0.25) is 0 Å². The standard InChI is InChI=1S/C68H40N6/c1-69-47-23-27-51(28-24-47)73-61-17-9-11-43-21-33-57-59(37-39-63(73)67(57)65(43)61)71(49-13-5-3-6-14-49)53-31-35-55-45(41-53)19-20-46-42-54(32-36-56(46)55)72(50-15-7-4-8-16-50)60-38-40-64-68-58(60)34-22-44-12-10-18-62(66(44)68)74(64)52-29-25-48(70-2)26-30-52/h3-42H. The number of hydrogen-bond donors (Lipinski definition) is 0. The lowest BCUT2D eigenvalue weighted by atomic mass is 9.98. The number of aromatic nitrogens is 2. The minimum atomic E-state index is 0.629. The van der Waals surface area contributed by atoms with Gasteiger partial charge >= 0.3 is 0 Å². The Morgan fingerprint density at radius 2 is 0.676 bits per heavy atom. The zero-order chi connectivity index (χ0) is 49.0. The molecule has 0 aliphatic rings. The average molecular weight is 941 g/mol. The molecule has 13 aromatic carbocycles. The van der Waals surface area contributed by atoms with Crippen molar-refractivity contribution in [2.45, 2.75) is 0 Å². The Labute approximate surface area is 425 Å². The molecule has 0 bridgehead atoms. The van der Waals surface area contributed by atoms with E-state index in [1.165, 1.54) is 53.9 Å². The number of hydrogen-bond acceptors (Lipinski definition) is 2. The van der Waals surface area contributed by atoms with Gasteiger partial charge in [-0.2, -0.15) is 0 Å². The zero-order valence-corrected chi connectivity index (χ0v) is 39.8. The maximum absolute atomic E-state index is 7.55. The Bertz CT molecular complexity index is 4480. The van der Waals surface area contributed by atoms with Crippen LogP contribution in [0.4, 0.5) is 45.5 Å². The summed E-state index contributed by atoms with van der Waals surface area (Å²) in [6, 6.07) is 86.7. The molecule has 2 heterocycles. The van der Waals surface area contributed by atoms with Gasteiger partial charge in [0, 0.05) is 66.4 Å². The normalized spacial score (nSPS) is 11.8. The Kier molecular flexibility index (Phi) is 8.99. The summed E-state index contributed by atoms with van der Waals surface area (Å²) >= 11 is 0. The summed E-state index contributed by atoms with van der Waals surface area (Å²) in [5, 5.41) is 14.3. The van der Waals surface area contributed by atoms with Crippen molar-refractivity contribution in [3.63, 3.8) is 0 Å². The molecule has 0 saturated heterocycles. The summed E-state index contributed by atoms with van der Waals surface area (Å²) in [6.07, 6.45) is 0. The van der Waals surface area contributed by atoms with Gasteiger partial charge in [0.25, 0.3) is 0 Å². The highest BCUT2D eigenvalue weighted by Crippen LogP contribution is 2.49. The molecule has 0 amide bonds. The van der Waals surface area contributed by atoms with Crippen LogP contribution in [0, 0.1) is 13.1 Å². The number of nitrogens with zero attached hydrogens (tertiary/aromatic N) is 6. The van der Waals surface area contributed by atoms with Crippen molar-refractivity contribution < 1.29 is 0 Å². The van der Waals surface area contributed by atoms with Gasteiger partial charge in [0.05, 0.1) is 46.6 Å². The number of anilines is 6. The molecule has 2 aromatic heterocycles. The van der Waals surface area contributed by atoms with Gasteiger partial charge in [0.1, 0.15) is 0 Å². The molecule has 6 nitrogen and oxygen atoms in total. The van der Waals surface area contributed by atoms with Crippen LogP contribution < -0.4 is 9.80 Å². The summed E-state index contributed by atoms with van der Waals surface area (Å²) in [7, 11) is 0. The SMILES string of the molecule is [C-]#[N+]c1ccc(-n2c3cccc4ccc5c(N(c6ccccc6)c6ccc7c(ccc8cc(N(c9ccccc9)c9ccc%10c%11c9ccc9cccc(c9%11)n%10-c9ccc([N+]#[C-])cc9)ccc87)c6)ccc2c5c43)cc1. The Balaban J connectivity index is 0.865. The minimum absolute atomic E-state index is 0.629. The van der Waals surface area contributed by atoms with Crippen LogP contribution in [0.2, 0.25) is 0 Å². The molecule has 74 heavy (non-hydrogen) atoms. The van der Waals surface area contributed by atoms with E-state index in [0.29, 0.717) is 11.4 Å². The number of para-hydroxylation sites is 2. The van der Waals surface area contributed by atoms with E-state index in [-0.39, 0.29) is 0 Å². The van der Waals surface area contributed by atoms with Crippen molar-refractivity contribution in [2.75, 3.05) is 9.80 Å². The molecule has 342 valence electrons. The van der Waals surface area contributed by atoms with E-state index in [1.54, 1.807) is 0 Å². The quantitative estimate of drug-likeness (QED) is 0.112.